The topological polar surface area (TPSA) is 113 Å². The Bertz CT molecular complexity index is 1440. The highest BCUT2D eigenvalue weighted by Crippen LogP contribution is 2.67. The Kier molecular flexibility index (Phi) is 11.1. The molecule has 2 aromatic carbocycles. The SMILES string of the molecule is CC(=O)OCC(=O)[C@@]1(O)CC[C@H]2[C@@H]3CCC4=CC(=O)CC[C@]4(C)[C@H]3[C@@H](O)C[C@@]21C.CN(C)CCOC(c1ccccc1)c1ccccc1. The van der Waals surface area contributed by atoms with Crippen molar-refractivity contribution in [2.45, 2.75) is 83.5 Å². The quantitative estimate of drug-likeness (QED) is 0.330. The summed E-state index contributed by atoms with van der Waals surface area (Å²) in [6.07, 6.45) is 5.55. The Morgan fingerprint density at radius 3 is 2.17 bits per heavy atom. The van der Waals surface area contributed by atoms with E-state index >= 15 is 0 Å². The Morgan fingerprint density at radius 1 is 0.958 bits per heavy atom. The van der Waals surface area contributed by atoms with Crippen molar-refractivity contribution in [3.8, 4) is 0 Å². The molecule has 0 heterocycles. The van der Waals surface area contributed by atoms with E-state index in [0.717, 1.165) is 44.4 Å². The molecule has 2 N–H and O–H groups in total. The summed E-state index contributed by atoms with van der Waals surface area (Å²) in [6, 6.07) is 20.8. The van der Waals surface area contributed by atoms with E-state index in [1.54, 1.807) is 6.08 Å². The first-order valence-corrected chi connectivity index (χ1v) is 17.5. The number of carbonyl (C=O) groups excluding carboxylic acids is 3. The fourth-order valence-electron chi connectivity index (χ4n) is 9.43. The molecule has 0 aromatic heterocycles. The second kappa shape index (κ2) is 14.8. The number of ether oxygens (including phenoxy) is 2. The van der Waals surface area contributed by atoms with Crippen LogP contribution >= 0.6 is 0 Å². The summed E-state index contributed by atoms with van der Waals surface area (Å²) >= 11 is 0. The van der Waals surface area contributed by atoms with Crippen LogP contribution in [0, 0.1) is 28.6 Å². The van der Waals surface area contributed by atoms with Crippen LogP contribution in [-0.4, -0.2) is 78.2 Å². The van der Waals surface area contributed by atoms with Crippen molar-refractivity contribution in [2.75, 3.05) is 33.9 Å². The van der Waals surface area contributed by atoms with Crippen LogP contribution in [0.5, 0.6) is 0 Å². The number of benzene rings is 2. The van der Waals surface area contributed by atoms with E-state index in [1.165, 1.54) is 18.1 Å². The molecule has 3 saturated carbocycles. The minimum Gasteiger partial charge on any atom is -0.458 e. The van der Waals surface area contributed by atoms with Crippen LogP contribution in [0.1, 0.15) is 82.9 Å². The van der Waals surface area contributed by atoms with Crippen molar-refractivity contribution < 1.29 is 34.1 Å². The van der Waals surface area contributed by atoms with E-state index in [2.05, 4.69) is 74.4 Å². The summed E-state index contributed by atoms with van der Waals surface area (Å²) in [5.74, 6) is -0.462. The Labute approximate surface area is 285 Å². The maximum absolute atomic E-state index is 12.9. The number of esters is 1. The number of aliphatic hydroxyl groups excluding tert-OH is 1. The minimum absolute atomic E-state index is 0.0161. The van der Waals surface area contributed by atoms with Gasteiger partial charge >= 0.3 is 5.97 Å². The van der Waals surface area contributed by atoms with Gasteiger partial charge in [-0.1, -0.05) is 80.1 Å². The standard InChI is InChI=1S/C23H32O6.C17H21NO/c1-13(24)29-12-19(27)23(28)9-7-17-16-5-4-14-10-15(25)6-8-21(14,2)20(16)18(26)11-22(17,23)3;1-18(2)13-14-19-17(15-9-5-3-6-10-15)16-11-7-4-8-12-16/h10,16-18,20,26,28H,4-9,11-12H2,1-3H3;3-12,17H,13-14H2,1-2H3/t16-,17-,18-,20+,21-,22-,23-;/m0./s1. The van der Waals surface area contributed by atoms with Gasteiger partial charge in [-0.3, -0.25) is 14.4 Å². The molecule has 0 bridgehead atoms. The number of rotatable bonds is 9. The van der Waals surface area contributed by atoms with Crippen LogP contribution in [0.4, 0.5) is 0 Å². The molecule has 0 radical (unpaired) electrons. The summed E-state index contributed by atoms with van der Waals surface area (Å²) in [5.41, 5.74) is 1.04. The second-order valence-corrected chi connectivity index (χ2v) is 15.1. The number of nitrogens with zero attached hydrogens (tertiary/aromatic N) is 1. The first-order valence-electron chi connectivity index (χ1n) is 17.5. The Balaban J connectivity index is 0.000000206. The van der Waals surface area contributed by atoms with Gasteiger partial charge in [0.15, 0.2) is 12.4 Å². The van der Waals surface area contributed by atoms with Gasteiger partial charge in [-0.05, 0) is 93.0 Å². The van der Waals surface area contributed by atoms with Gasteiger partial charge in [0.2, 0.25) is 5.78 Å². The summed E-state index contributed by atoms with van der Waals surface area (Å²) < 4.78 is 11.0. The van der Waals surface area contributed by atoms with Gasteiger partial charge < -0.3 is 24.6 Å². The maximum atomic E-state index is 12.9. The maximum Gasteiger partial charge on any atom is 0.303 e. The van der Waals surface area contributed by atoms with Gasteiger partial charge in [0.05, 0.1) is 12.7 Å². The van der Waals surface area contributed by atoms with Gasteiger partial charge in [0, 0.05) is 25.3 Å². The molecule has 260 valence electrons. The fourth-order valence-corrected chi connectivity index (χ4v) is 9.43. The lowest BCUT2D eigenvalue weighted by atomic mass is 9.45. The molecule has 0 spiro atoms. The zero-order valence-corrected chi connectivity index (χ0v) is 29.2. The molecule has 4 aliphatic carbocycles. The number of fused-ring (bicyclic) bond motifs is 5. The highest BCUT2D eigenvalue weighted by Gasteiger charge is 2.68. The monoisotopic (exact) mass is 659 g/mol. The van der Waals surface area contributed by atoms with Crippen LogP contribution < -0.4 is 0 Å². The third kappa shape index (κ3) is 7.09. The van der Waals surface area contributed by atoms with E-state index in [-0.39, 0.29) is 35.1 Å². The summed E-state index contributed by atoms with van der Waals surface area (Å²) in [5, 5.41) is 22.8. The Morgan fingerprint density at radius 2 is 1.58 bits per heavy atom. The second-order valence-electron chi connectivity index (χ2n) is 15.1. The molecule has 6 rings (SSSR count). The number of hydrogen-bond acceptors (Lipinski definition) is 8. The van der Waals surface area contributed by atoms with Crippen LogP contribution in [0.3, 0.4) is 0 Å². The van der Waals surface area contributed by atoms with Crippen molar-refractivity contribution in [1.82, 2.24) is 4.90 Å². The largest absolute Gasteiger partial charge is 0.458 e. The van der Waals surface area contributed by atoms with Gasteiger partial charge in [-0.25, -0.2) is 0 Å². The molecule has 8 heteroatoms. The number of allylic oxidation sites excluding steroid dienone is 1. The molecule has 2 aromatic rings. The number of Topliss-reactive ketones (excluding diaryl/α,β-unsaturated/α-hetero) is 1. The molecular weight excluding hydrogens is 606 g/mol. The van der Waals surface area contributed by atoms with E-state index in [1.807, 2.05) is 19.1 Å². The van der Waals surface area contributed by atoms with Gasteiger partial charge in [-0.2, -0.15) is 0 Å². The van der Waals surface area contributed by atoms with Crippen LogP contribution in [0.15, 0.2) is 72.3 Å². The van der Waals surface area contributed by atoms with Crippen LogP contribution in [0.2, 0.25) is 0 Å². The molecule has 0 saturated heterocycles. The molecule has 7 atom stereocenters. The molecule has 4 aliphatic rings. The van der Waals surface area contributed by atoms with Crippen LogP contribution in [0.25, 0.3) is 0 Å². The van der Waals surface area contributed by atoms with Crippen molar-refractivity contribution in [2.24, 2.45) is 28.6 Å². The summed E-state index contributed by atoms with van der Waals surface area (Å²) in [6.45, 7) is 6.58. The minimum atomic E-state index is -1.58. The molecule has 3 fully saturated rings. The molecule has 0 amide bonds. The average Bonchev–Trinajstić information content (AvgIpc) is 3.33. The lowest BCUT2D eigenvalue weighted by Gasteiger charge is -2.60. The van der Waals surface area contributed by atoms with Gasteiger partial charge in [-0.15, -0.1) is 0 Å². The van der Waals surface area contributed by atoms with E-state index in [4.69, 9.17) is 9.47 Å². The Hall–Kier alpha value is -3.17. The lowest BCUT2D eigenvalue weighted by Crippen LogP contribution is -2.62. The third-order valence-electron chi connectivity index (χ3n) is 11.9. The number of aliphatic hydroxyl groups is 2. The van der Waals surface area contributed by atoms with Crippen molar-refractivity contribution in [1.29, 1.82) is 0 Å². The third-order valence-corrected chi connectivity index (χ3v) is 11.9. The molecule has 0 unspecified atom stereocenters. The van der Waals surface area contributed by atoms with E-state index in [0.29, 0.717) is 19.3 Å². The van der Waals surface area contributed by atoms with E-state index < -0.39 is 35.5 Å². The first kappa shape index (κ1) is 36.1. The highest BCUT2D eigenvalue weighted by molar-refractivity contribution is 5.92. The molecular formula is C40H53NO7. The zero-order chi connectivity index (χ0) is 34.7. The van der Waals surface area contributed by atoms with E-state index in [9.17, 15) is 24.6 Å². The van der Waals surface area contributed by atoms with Crippen molar-refractivity contribution in [3.05, 3.63) is 83.4 Å². The first-order chi connectivity index (χ1) is 22.8. The number of carbonyl (C=O) groups is 3. The van der Waals surface area contributed by atoms with Crippen molar-refractivity contribution >= 4 is 17.5 Å². The normalized spacial score (nSPS) is 32.4. The lowest BCUT2D eigenvalue weighted by molar-refractivity contribution is -0.184. The predicted molar refractivity (Wildman–Crippen MR) is 184 cm³/mol. The van der Waals surface area contributed by atoms with Crippen molar-refractivity contribution in [3.63, 3.8) is 0 Å². The summed E-state index contributed by atoms with van der Waals surface area (Å²) in [4.78, 5) is 38.1. The highest BCUT2D eigenvalue weighted by atomic mass is 16.5. The number of hydrogen-bond donors (Lipinski definition) is 2. The van der Waals surface area contributed by atoms with Gasteiger partial charge in [0.1, 0.15) is 11.7 Å². The predicted octanol–water partition coefficient (Wildman–Crippen LogP) is 5.71. The number of likely N-dealkylation sites (N-methyl/N-ethyl adjacent to an activating group) is 1. The average molecular weight is 660 g/mol. The number of ketones is 2. The molecule has 8 nitrogen and oxygen atoms in total. The smallest absolute Gasteiger partial charge is 0.303 e. The summed E-state index contributed by atoms with van der Waals surface area (Å²) in [7, 11) is 4.12. The molecule has 48 heavy (non-hydrogen) atoms. The zero-order valence-electron chi connectivity index (χ0n) is 29.2. The van der Waals surface area contributed by atoms with Gasteiger partial charge in [0.25, 0.3) is 0 Å². The van der Waals surface area contributed by atoms with Crippen LogP contribution in [-0.2, 0) is 23.9 Å². The molecule has 0 aliphatic heterocycles. The fraction of sp³-hybridized carbons (Fsp3) is 0.575.